The summed E-state index contributed by atoms with van der Waals surface area (Å²) in [6.07, 6.45) is 4.05. The molecule has 1 aromatic carbocycles. The van der Waals surface area contributed by atoms with Gasteiger partial charge in [-0.25, -0.2) is 17.9 Å². The van der Waals surface area contributed by atoms with Gasteiger partial charge >= 0.3 is 5.69 Å². The van der Waals surface area contributed by atoms with Gasteiger partial charge in [-0.2, -0.15) is 4.98 Å². The van der Waals surface area contributed by atoms with Crippen LogP contribution in [0.2, 0.25) is 0 Å². The molecule has 5 rings (SSSR count). The molecule has 0 aliphatic heterocycles. The van der Waals surface area contributed by atoms with Crippen LogP contribution in [-0.4, -0.2) is 34.6 Å². The van der Waals surface area contributed by atoms with Crippen LogP contribution in [0.3, 0.4) is 0 Å². The van der Waals surface area contributed by atoms with E-state index in [9.17, 15) is 18.0 Å². The number of nitrogens with zero attached hydrogens (tertiary/aromatic N) is 3. The van der Waals surface area contributed by atoms with Crippen LogP contribution in [0.25, 0.3) is 11.2 Å². The van der Waals surface area contributed by atoms with E-state index in [4.69, 9.17) is 4.74 Å². The molecule has 0 saturated heterocycles. The lowest BCUT2D eigenvalue weighted by Crippen LogP contribution is -2.41. The Morgan fingerprint density at radius 3 is 2.26 bits per heavy atom. The molecule has 3 aromatic rings. The minimum Gasteiger partial charge on any atom is -0.497 e. The zero-order chi connectivity index (χ0) is 21.8. The normalized spacial score (nSPS) is 16.5. The fourth-order valence-electron chi connectivity index (χ4n) is 3.60. The van der Waals surface area contributed by atoms with Gasteiger partial charge in [0.2, 0.25) is 5.95 Å². The van der Waals surface area contributed by atoms with Gasteiger partial charge in [0, 0.05) is 13.1 Å². The number of fused-ring (bicyclic) bond motifs is 1. The van der Waals surface area contributed by atoms with Gasteiger partial charge < -0.3 is 9.72 Å². The number of aromatic nitrogens is 4. The van der Waals surface area contributed by atoms with Crippen molar-refractivity contribution in [3.63, 3.8) is 0 Å². The number of nitrogens with one attached hydrogen (secondary N) is 2. The number of aromatic amines is 1. The molecule has 2 heterocycles. The van der Waals surface area contributed by atoms with E-state index in [1.54, 1.807) is 0 Å². The number of benzene rings is 1. The van der Waals surface area contributed by atoms with Crippen molar-refractivity contribution in [1.29, 1.82) is 0 Å². The van der Waals surface area contributed by atoms with Crippen molar-refractivity contribution in [3.05, 3.63) is 45.1 Å². The summed E-state index contributed by atoms with van der Waals surface area (Å²) in [6, 6.07) is 5.90. The molecule has 31 heavy (non-hydrogen) atoms. The van der Waals surface area contributed by atoms with E-state index in [1.807, 2.05) is 0 Å². The number of hydrogen-bond acceptors (Lipinski definition) is 6. The third kappa shape index (κ3) is 3.85. The van der Waals surface area contributed by atoms with Crippen LogP contribution in [0, 0.1) is 11.8 Å². The Hall–Kier alpha value is -3.08. The Morgan fingerprint density at radius 1 is 1.06 bits per heavy atom. The number of anilines is 1. The third-order valence-corrected chi connectivity index (χ3v) is 7.09. The van der Waals surface area contributed by atoms with E-state index >= 15 is 0 Å². The number of methoxy groups -OCH3 is 1. The van der Waals surface area contributed by atoms with Crippen LogP contribution in [0.15, 0.2) is 38.8 Å². The van der Waals surface area contributed by atoms with Crippen molar-refractivity contribution in [2.24, 2.45) is 11.8 Å². The number of rotatable bonds is 8. The molecular formula is C20H23N5O5S. The van der Waals surface area contributed by atoms with Crippen LogP contribution < -0.4 is 20.7 Å². The molecule has 2 aromatic heterocycles. The maximum atomic E-state index is 13.0. The Balaban J connectivity index is 1.56. The fourth-order valence-corrected chi connectivity index (χ4v) is 4.56. The van der Waals surface area contributed by atoms with Gasteiger partial charge in [-0.3, -0.25) is 13.9 Å². The zero-order valence-corrected chi connectivity index (χ0v) is 17.8. The van der Waals surface area contributed by atoms with Gasteiger partial charge in [-0.1, -0.05) is 0 Å². The van der Waals surface area contributed by atoms with Crippen molar-refractivity contribution in [3.8, 4) is 5.75 Å². The third-order valence-electron chi connectivity index (χ3n) is 5.74. The van der Waals surface area contributed by atoms with Crippen molar-refractivity contribution in [2.75, 3.05) is 11.8 Å². The summed E-state index contributed by atoms with van der Waals surface area (Å²) in [5, 5.41) is 0. The van der Waals surface area contributed by atoms with E-state index in [0.29, 0.717) is 30.7 Å². The first-order valence-electron chi connectivity index (χ1n) is 10.3. The summed E-state index contributed by atoms with van der Waals surface area (Å²) in [4.78, 5) is 33.1. The molecule has 2 fully saturated rings. The van der Waals surface area contributed by atoms with Gasteiger partial charge in [0.1, 0.15) is 5.75 Å². The molecule has 2 N–H and O–H groups in total. The largest absolute Gasteiger partial charge is 0.497 e. The number of sulfonamides is 1. The molecule has 11 heteroatoms. The molecule has 2 aliphatic rings. The van der Waals surface area contributed by atoms with Crippen LogP contribution in [0.1, 0.15) is 25.7 Å². The van der Waals surface area contributed by atoms with Crippen LogP contribution in [0.5, 0.6) is 5.75 Å². The molecule has 0 amide bonds. The lowest BCUT2D eigenvalue weighted by Gasteiger charge is -2.10. The van der Waals surface area contributed by atoms with E-state index < -0.39 is 15.6 Å². The Labute approximate surface area is 177 Å². The topological polar surface area (TPSA) is 128 Å². The molecule has 164 valence electrons. The van der Waals surface area contributed by atoms with Crippen molar-refractivity contribution < 1.29 is 13.2 Å². The highest BCUT2D eigenvalue weighted by Crippen LogP contribution is 2.32. The van der Waals surface area contributed by atoms with Gasteiger partial charge in [0.05, 0.1) is 12.0 Å². The second-order valence-electron chi connectivity index (χ2n) is 8.26. The highest BCUT2D eigenvalue weighted by Gasteiger charge is 2.29. The van der Waals surface area contributed by atoms with Crippen LogP contribution in [-0.2, 0) is 23.1 Å². The molecule has 0 radical (unpaired) electrons. The summed E-state index contributed by atoms with van der Waals surface area (Å²) in [5.41, 5.74) is -0.539. The Morgan fingerprint density at radius 2 is 1.68 bits per heavy atom. The second kappa shape index (κ2) is 7.26. The number of H-pyrrole nitrogens is 1. The monoisotopic (exact) mass is 445 g/mol. The second-order valence-corrected chi connectivity index (χ2v) is 9.94. The van der Waals surface area contributed by atoms with E-state index in [-0.39, 0.29) is 27.7 Å². The minimum atomic E-state index is -3.95. The minimum absolute atomic E-state index is 0.0234. The van der Waals surface area contributed by atoms with Gasteiger partial charge in [-0.15, -0.1) is 0 Å². The first-order chi connectivity index (χ1) is 14.9. The first-order valence-corrected chi connectivity index (χ1v) is 11.7. The molecule has 10 nitrogen and oxygen atoms in total. The van der Waals surface area contributed by atoms with Gasteiger partial charge in [-0.05, 0) is 61.8 Å². The summed E-state index contributed by atoms with van der Waals surface area (Å²) in [7, 11) is -2.45. The molecule has 0 spiro atoms. The summed E-state index contributed by atoms with van der Waals surface area (Å²) in [6.45, 7) is 0.847. The number of ether oxygens (including phenoxy) is 1. The standard InChI is InChI=1S/C20H23N5O5S/c1-30-14-6-8-15(9-7-14)31(28,29)23-19-21-16-17(22-19)24(10-12-2-3-12)20(27)25(18(16)26)11-13-4-5-13/h6-9,12-13H,2-5,10-11H2,1H3,(H2,21,22,23). The van der Waals surface area contributed by atoms with E-state index in [1.165, 1.54) is 40.5 Å². The summed E-state index contributed by atoms with van der Waals surface area (Å²) in [5.74, 6) is 1.15. The Bertz CT molecular complexity index is 1360. The molecule has 0 atom stereocenters. The highest BCUT2D eigenvalue weighted by atomic mass is 32.2. The lowest BCUT2D eigenvalue weighted by molar-refractivity contribution is 0.414. The van der Waals surface area contributed by atoms with E-state index in [2.05, 4.69) is 14.7 Å². The predicted molar refractivity (Wildman–Crippen MR) is 114 cm³/mol. The van der Waals surface area contributed by atoms with Gasteiger partial charge in [0.15, 0.2) is 11.2 Å². The molecular weight excluding hydrogens is 422 g/mol. The van der Waals surface area contributed by atoms with Crippen molar-refractivity contribution >= 4 is 27.1 Å². The fraction of sp³-hybridized carbons (Fsp3) is 0.450. The maximum absolute atomic E-state index is 13.0. The number of hydrogen-bond donors (Lipinski definition) is 2. The lowest BCUT2D eigenvalue weighted by atomic mass is 10.3. The zero-order valence-electron chi connectivity index (χ0n) is 17.0. The summed E-state index contributed by atoms with van der Waals surface area (Å²) < 4.78 is 35.7. The van der Waals surface area contributed by atoms with Gasteiger partial charge in [0.25, 0.3) is 15.6 Å². The van der Waals surface area contributed by atoms with Crippen LogP contribution >= 0.6 is 0 Å². The summed E-state index contributed by atoms with van der Waals surface area (Å²) >= 11 is 0. The SMILES string of the molecule is COc1ccc(S(=O)(=O)Nc2nc3c([nH]2)c(=O)n(CC2CC2)c(=O)n3CC2CC2)cc1. The first kappa shape index (κ1) is 19.9. The molecule has 2 saturated carbocycles. The number of imidazole rings is 1. The highest BCUT2D eigenvalue weighted by molar-refractivity contribution is 7.92. The average Bonchev–Trinajstić information content (AvgIpc) is 3.68. The van der Waals surface area contributed by atoms with Crippen LogP contribution in [0.4, 0.5) is 5.95 Å². The average molecular weight is 446 g/mol. The molecule has 0 unspecified atom stereocenters. The van der Waals surface area contributed by atoms with Crippen molar-refractivity contribution in [1.82, 2.24) is 19.1 Å². The Kier molecular flexibility index (Phi) is 4.65. The molecule has 0 bridgehead atoms. The smallest absolute Gasteiger partial charge is 0.332 e. The van der Waals surface area contributed by atoms with Crippen molar-refractivity contribution in [2.45, 2.75) is 43.7 Å². The maximum Gasteiger partial charge on any atom is 0.332 e. The molecule has 2 aliphatic carbocycles. The van der Waals surface area contributed by atoms with E-state index in [0.717, 1.165) is 25.7 Å². The quantitative estimate of drug-likeness (QED) is 0.541. The predicted octanol–water partition coefficient (Wildman–Crippen LogP) is 1.52.